The summed E-state index contributed by atoms with van der Waals surface area (Å²) in [5.41, 5.74) is 2.04. The van der Waals surface area contributed by atoms with Gasteiger partial charge in [0.1, 0.15) is 0 Å². The maximum absolute atomic E-state index is 13.0. The largest absolute Gasteiger partial charge is 0.490 e. The first-order chi connectivity index (χ1) is 13.7. The zero-order chi connectivity index (χ0) is 21.4. The number of para-hydroxylation sites is 1. The fraction of sp³-hybridized carbons (Fsp3) is 0.300. The Balaban J connectivity index is 2.13. The Bertz CT molecular complexity index is 868. The molecule has 1 amide bonds. The number of nitrogens with zero attached hydrogens (tertiary/aromatic N) is 2. The maximum atomic E-state index is 13.0. The van der Waals surface area contributed by atoms with Gasteiger partial charge in [0.25, 0.3) is 5.91 Å². The number of halogens is 3. The molecule has 29 heavy (non-hydrogen) atoms. The van der Waals surface area contributed by atoms with Crippen LogP contribution < -0.4 is 14.9 Å². The minimum absolute atomic E-state index is 0.143. The number of hydrogen-bond acceptors (Lipinski definition) is 5. The van der Waals surface area contributed by atoms with Gasteiger partial charge in [0, 0.05) is 14.1 Å². The Labute approximate surface area is 166 Å². The molecule has 0 fully saturated rings. The first-order valence-electron chi connectivity index (χ1n) is 8.77. The third kappa shape index (κ3) is 6.41. The van der Waals surface area contributed by atoms with Crippen molar-refractivity contribution in [2.45, 2.75) is 13.1 Å². The molecule has 0 spiro atoms. The molecular weight excluding hydrogens is 387 g/mol. The van der Waals surface area contributed by atoms with E-state index in [9.17, 15) is 18.0 Å². The van der Waals surface area contributed by atoms with Crippen LogP contribution in [0.1, 0.15) is 18.1 Å². The van der Waals surface area contributed by atoms with Crippen molar-refractivity contribution < 1.29 is 27.4 Å². The topological polar surface area (TPSA) is 63.2 Å². The van der Waals surface area contributed by atoms with Gasteiger partial charge in [-0.1, -0.05) is 12.1 Å². The number of rotatable bonds is 8. The summed E-state index contributed by atoms with van der Waals surface area (Å²) in [6, 6.07) is 9.96. The lowest BCUT2D eigenvalue weighted by Gasteiger charge is -2.14. The molecule has 2 aromatic carbocycles. The Morgan fingerprint density at radius 1 is 1.14 bits per heavy atom. The average Bonchev–Trinajstić information content (AvgIpc) is 2.67. The normalized spacial score (nSPS) is 11.4. The van der Waals surface area contributed by atoms with Gasteiger partial charge in [-0.2, -0.15) is 18.3 Å². The van der Waals surface area contributed by atoms with E-state index in [1.807, 2.05) is 0 Å². The molecule has 156 valence electrons. The van der Waals surface area contributed by atoms with Crippen molar-refractivity contribution in [3.8, 4) is 11.5 Å². The maximum Gasteiger partial charge on any atom is 0.418 e. The van der Waals surface area contributed by atoms with Crippen LogP contribution in [0.25, 0.3) is 0 Å². The minimum Gasteiger partial charge on any atom is -0.490 e. The van der Waals surface area contributed by atoms with Crippen LogP contribution >= 0.6 is 0 Å². The molecule has 6 nitrogen and oxygen atoms in total. The number of likely N-dealkylation sites (N-methyl/N-ethyl adjacent to an activating group) is 1. The molecule has 0 bridgehead atoms. The molecule has 2 rings (SSSR count). The highest BCUT2D eigenvalue weighted by molar-refractivity contribution is 5.82. The molecular formula is C20H22F3N3O3. The summed E-state index contributed by atoms with van der Waals surface area (Å²) in [7, 11) is 3.25. The Morgan fingerprint density at radius 2 is 1.86 bits per heavy atom. The lowest BCUT2D eigenvalue weighted by Crippen LogP contribution is -2.27. The zero-order valence-corrected chi connectivity index (χ0v) is 16.3. The quantitative estimate of drug-likeness (QED) is 0.529. The molecule has 9 heteroatoms. The first-order valence-corrected chi connectivity index (χ1v) is 8.77. The molecule has 0 atom stereocenters. The number of nitrogens with one attached hydrogen (secondary N) is 1. The Hall–Kier alpha value is -3.23. The smallest absolute Gasteiger partial charge is 0.418 e. The number of hydrazone groups is 1. The highest BCUT2D eigenvalue weighted by Crippen LogP contribution is 2.34. The minimum atomic E-state index is -4.48. The molecule has 0 aliphatic heterocycles. The third-order valence-corrected chi connectivity index (χ3v) is 3.75. The van der Waals surface area contributed by atoms with Gasteiger partial charge in [-0.3, -0.25) is 10.2 Å². The summed E-state index contributed by atoms with van der Waals surface area (Å²) in [4.78, 5) is 13.1. The summed E-state index contributed by atoms with van der Waals surface area (Å²) in [5, 5.41) is 3.88. The van der Waals surface area contributed by atoms with Gasteiger partial charge in [0.2, 0.25) is 0 Å². The van der Waals surface area contributed by atoms with Gasteiger partial charge in [0.15, 0.2) is 18.1 Å². The van der Waals surface area contributed by atoms with E-state index in [-0.39, 0.29) is 18.2 Å². The molecule has 0 radical (unpaired) electrons. The van der Waals surface area contributed by atoms with E-state index >= 15 is 0 Å². The van der Waals surface area contributed by atoms with E-state index < -0.39 is 11.7 Å². The van der Waals surface area contributed by atoms with Crippen molar-refractivity contribution in [2.24, 2.45) is 5.10 Å². The van der Waals surface area contributed by atoms with Gasteiger partial charge >= 0.3 is 6.18 Å². The molecule has 0 aliphatic rings. The van der Waals surface area contributed by atoms with Crippen LogP contribution in [-0.2, 0) is 11.0 Å². The van der Waals surface area contributed by atoms with Crippen molar-refractivity contribution in [3.63, 3.8) is 0 Å². The lowest BCUT2D eigenvalue weighted by atomic mass is 10.2. The van der Waals surface area contributed by atoms with Crippen LogP contribution in [-0.4, -0.2) is 44.3 Å². The number of benzene rings is 2. The van der Waals surface area contributed by atoms with Gasteiger partial charge < -0.3 is 14.4 Å². The van der Waals surface area contributed by atoms with Crippen molar-refractivity contribution in [1.29, 1.82) is 0 Å². The number of carbonyl (C=O) groups excluding carboxylic acids is 1. The Morgan fingerprint density at radius 3 is 2.52 bits per heavy atom. The lowest BCUT2D eigenvalue weighted by molar-refractivity contribution is -0.137. The number of alkyl halides is 3. The average molecular weight is 409 g/mol. The zero-order valence-electron chi connectivity index (χ0n) is 16.3. The second kappa shape index (κ2) is 9.81. The molecule has 0 saturated carbocycles. The predicted molar refractivity (Wildman–Crippen MR) is 104 cm³/mol. The molecule has 2 aromatic rings. The Kier molecular flexibility index (Phi) is 7.46. The second-order valence-electron chi connectivity index (χ2n) is 6.13. The van der Waals surface area contributed by atoms with E-state index in [1.165, 1.54) is 29.3 Å². The third-order valence-electron chi connectivity index (χ3n) is 3.75. The van der Waals surface area contributed by atoms with E-state index in [0.717, 1.165) is 6.07 Å². The molecule has 0 unspecified atom stereocenters. The van der Waals surface area contributed by atoms with Gasteiger partial charge in [-0.05, 0) is 42.8 Å². The van der Waals surface area contributed by atoms with Crippen molar-refractivity contribution >= 4 is 17.8 Å². The number of carbonyl (C=O) groups is 1. The molecule has 0 saturated heterocycles. The van der Waals surface area contributed by atoms with Crippen LogP contribution in [0.3, 0.4) is 0 Å². The first kappa shape index (κ1) is 22.1. The summed E-state index contributed by atoms with van der Waals surface area (Å²) in [6.45, 7) is 2.03. The SMILES string of the molecule is CCOc1cc(/C=N/Nc2ccccc2C(F)(F)F)ccc1OCC(=O)N(C)C. The summed E-state index contributed by atoms with van der Waals surface area (Å²) >= 11 is 0. The van der Waals surface area contributed by atoms with Crippen molar-refractivity contribution in [3.05, 3.63) is 53.6 Å². The van der Waals surface area contributed by atoms with Crippen molar-refractivity contribution in [1.82, 2.24) is 4.90 Å². The summed E-state index contributed by atoms with van der Waals surface area (Å²) in [5.74, 6) is 0.582. The fourth-order valence-electron chi connectivity index (χ4n) is 2.27. The number of amides is 1. The predicted octanol–water partition coefficient (Wildman–Crippen LogP) is 4.02. The fourth-order valence-corrected chi connectivity index (χ4v) is 2.27. The van der Waals surface area contributed by atoms with E-state index in [2.05, 4.69) is 10.5 Å². The van der Waals surface area contributed by atoms with E-state index in [1.54, 1.807) is 39.2 Å². The highest BCUT2D eigenvalue weighted by atomic mass is 19.4. The van der Waals surface area contributed by atoms with Gasteiger partial charge in [0.05, 0.1) is 24.1 Å². The van der Waals surface area contributed by atoms with Gasteiger partial charge in [-0.15, -0.1) is 0 Å². The van der Waals surface area contributed by atoms with Crippen LogP contribution in [0, 0.1) is 0 Å². The van der Waals surface area contributed by atoms with Gasteiger partial charge in [-0.25, -0.2) is 0 Å². The van der Waals surface area contributed by atoms with Crippen LogP contribution in [0.4, 0.5) is 18.9 Å². The van der Waals surface area contributed by atoms with Crippen LogP contribution in [0.5, 0.6) is 11.5 Å². The molecule has 0 aliphatic carbocycles. The summed E-state index contributed by atoms with van der Waals surface area (Å²) < 4.78 is 50.0. The van der Waals surface area contributed by atoms with Crippen LogP contribution in [0.15, 0.2) is 47.6 Å². The standard InChI is InChI=1S/C20H22F3N3O3/c1-4-28-18-11-14(9-10-17(18)29-13-19(27)26(2)3)12-24-25-16-8-6-5-7-15(16)20(21,22)23/h5-12,25H,4,13H2,1-3H3/b24-12+. The van der Waals surface area contributed by atoms with Crippen LogP contribution in [0.2, 0.25) is 0 Å². The number of anilines is 1. The van der Waals surface area contributed by atoms with E-state index in [4.69, 9.17) is 9.47 Å². The second-order valence-corrected chi connectivity index (χ2v) is 6.13. The summed E-state index contributed by atoms with van der Waals surface area (Å²) in [6.07, 6.45) is -3.12. The molecule has 0 heterocycles. The van der Waals surface area contributed by atoms with E-state index in [0.29, 0.717) is 23.7 Å². The molecule has 0 aromatic heterocycles. The monoisotopic (exact) mass is 409 g/mol. The number of ether oxygens (including phenoxy) is 2. The van der Waals surface area contributed by atoms with Crippen molar-refractivity contribution in [2.75, 3.05) is 32.7 Å². The highest BCUT2D eigenvalue weighted by Gasteiger charge is 2.33. The number of hydrogen-bond donors (Lipinski definition) is 1. The molecule has 1 N–H and O–H groups in total.